The van der Waals surface area contributed by atoms with Gasteiger partial charge in [0.05, 0.1) is 0 Å². The molecule has 2 amide bonds. The van der Waals surface area contributed by atoms with Crippen molar-refractivity contribution in [2.24, 2.45) is 0 Å². The van der Waals surface area contributed by atoms with Gasteiger partial charge in [-0.2, -0.15) is 0 Å². The average molecular weight is 288 g/mol. The molecule has 0 aromatic heterocycles. The summed E-state index contributed by atoms with van der Waals surface area (Å²) in [5.74, 6) is 1.41. The normalized spacial score (nSPS) is 12.8. The molecule has 112 valence electrons. The lowest BCUT2D eigenvalue weighted by molar-refractivity contribution is -0.139. The zero-order chi connectivity index (χ0) is 15.7. The predicted molar refractivity (Wildman–Crippen MR) is 80.8 cm³/mol. The van der Waals surface area contributed by atoms with E-state index in [1.807, 2.05) is 37.3 Å². The van der Waals surface area contributed by atoms with Crippen LogP contribution in [0, 0.1) is 12.3 Å². The molecule has 0 saturated carbocycles. The summed E-state index contributed by atoms with van der Waals surface area (Å²) in [7, 11) is 0. The molecule has 0 saturated heterocycles. The van der Waals surface area contributed by atoms with Crippen LogP contribution in [0.15, 0.2) is 30.3 Å². The van der Waals surface area contributed by atoms with Crippen LogP contribution in [0.4, 0.5) is 4.79 Å². The Morgan fingerprint density at radius 3 is 2.48 bits per heavy atom. The van der Waals surface area contributed by atoms with E-state index in [0.717, 1.165) is 5.56 Å². The summed E-state index contributed by atoms with van der Waals surface area (Å²) in [4.78, 5) is 23.1. The number of carbonyl (C=O) groups is 2. The summed E-state index contributed by atoms with van der Waals surface area (Å²) in [5.41, 5.74) is 0.848. The van der Waals surface area contributed by atoms with Crippen LogP contribution in [-0.4, -0.2) is 29.2 Å². The maximum atomic E-state index is 11.8. The zero-order valence-corrected chi connectivity index (χ0v) is 12.0. The molecule has 2 unspecified atom stereocenters. The Bertz CT molecular complexity index is 508. The molecule has 0 heterocycles. The first kappa shape index (κ1) is 16.6. The van der Waals surface area contributed by atoms with Crippen molar-refractivity contribution in [1.82, 2.24) is 10.6 Å². The molecule has 0 fully saturated rings. The fraction of sp³-hybridized carbons (Fsp3) is 0.375. The molecule has 0 radical (unpaired) electrons. The van der Waals surface area contributed by atoms with Gasteiger partial charge in [-0.15, -0.1) is 12.3 Å². The number of aliphatic carboxylic acids is 1. The van der Waals surface area contributed by atoms with Crippen molar-refractivity contribution in [2.75, 3.05) is 0 Å². The molecule has 5 nitrogen and oxygen atoms in total. The number of hydrogen-bond acceptors (Lipinski definition) is 2. The first-order valence-corrected chi connectivity index (χ1v) is 6.84. The maximum Gasteiger partial charge on any atom is 0.326 e. The molecule has 1 aromatic carbocycles. The second-order valence-electron chi connectivity index (χ2n) is 4.71. The lowest BCUT2D eigenvalue weighted by Gasteiger charge is -2.19. The van der Waals surface area contributed by atoms with Gasteiger partial charge in [-0.05, 0) is 12.0 Å². The van der Waals surface area contributed by atoms with Crippen LogP contribution in [-0.2, 0) is 11.2 Å². The molecule has 2 atom stereocenters. The number of carbonyl (C=O) groups excluding carboxylic acids is 1. The standard InChI is InChI=1S/C16H20N2O3/c1-3-8-13(4-2)17-16(21)18-14(15(19)20)11-12-9-6-5-7-10-12/h1,5-7,9-10,13-14H,4,8,11H2,2H3,(H,19,20)(H2,17,18,21). The summed E-state index contributed by atoms with van der Waals surface area (Å²) in [5, 5.41) is 14.4. The van der Waals surface area contributed by atoms with Crippen LogP contribution in [0.5, 0.6) is 0 Å². The van der Waals surface area contributed by atoms with E-state index in [9.17, 15) is 14.7 Å². The molecular formula is C16H20N2O3. The Morgan fingerprint density at radius 1 is 1.29 bits per heavy atom. The van der Waals surface area contributed by atoms with E-state index in [1.54, 1.807) is 0 Å². The van der Waals surface area contributed by atoms with E-state index in [0.29, 0.717) is 12.8 Å². The number of nitrogens with one attached hydrogen (secondary N) is 2. The van der Waals surface area contributed by atoms with Gasteiger partial charge >= 0.3 is 12.0 Å². The van der Waals surface area contributed by atoms with E-state index in [4.69, 9.17) is 6.42 Å². The number of terminal acetylenes is 1. The highest BCUT2D eigenvalue weighted by molar-refractivity contribution is 5.82. The van der Waals surface area contributed by atoms with E-state index < -0.39 is 18.0 Å². The number of carboxylic acid groups (broad SMARTS) is 1. The van der Waals surface area contributed by atoms with Crippen molar-refractivity contribution in [3.05, 3.63) is 35.9 Å². The fourth-order valence-electron chi connectivity index (χ4n) is 1.87. The molecule has 5 heteroatoms. The van der Waals surface area contributed by atoms with Gasteiger partial charge in [-0.1, -0.05) is 37.3 Å². The number of amides is 2. The quantitative estimate of drug-likeness (QED) is 0.669. The Kier molecular flexibility index (Phi) is 6.82. The van der Waals surface area contributed by atoms with Gasteiger partial charge in [0.15, 0.2) is 0 Å². The molecule has 0 bridgehead atoms. The van der Waals surface area contributed by atoms with Crippen LogP contribution in [0.3, 0.4) is 0 Å². The van der Waals surface area contributed by atoms with Gasteiger partial charge in [0.2, 0.25) is 0 Å². The minimum absolute atomic E-state index is 0.152. The minimum atomic E-state index is -1.07. The molecule has 21 heavy (non-hydrogen) atoms. The highest BCUT2D eigenvalue weighted by atomic mass is 16.4. The molecular weight excluding hydrogens is 268 g/mol. The zero-order valence-electron chi connectivity index (χ0n) is 12.0. The largest absolute Gasteiger partial charge is 0.480 e. The summed E-state index contributed by atoms with van der Waals surface area (Å²) in [6.07, 6.45) is 6.55. The molecule has 0 aliphatic heterocycles. The summed E-state index contributed by atoms with van der Waals surface area (Å²) in [6.45, 7) is 1.90. The summed E-state index contributed by atoms with van der Waals surface area (Å²) in [6, 6.07) is 7.51. The van der Waals surface area contributed by atoms with E-state index in [1.165, 1.54) is 0 Å². The highest BCUT2D eigenvalue weighted by Crippen LogP contribution is 2.04. The fourth-order valence-corrected chi connectivity index (χ4v) is 1.87. The van der Waals surface area contributed by atoms with E-state index in [-0.39, 0.29) is 12.5 Å². The smallest absolute Gasteiger partial charge is 0.326 e. The monoisotopic (exact) mass is 288 g/mol. The Balaban J connectivity index is 2.60. The van der Waals surface area contributed by atoms with Crippen molar-refractivity contribution in [3.63, 3.8) is 0 Å². The number of carboxylic acids is 1. The molecule has 0 aliphatic carbocycles. The molecule has 1 rings (SSSR count). The van der Waals surface area contributed by atoms with Crippen molar-refractivity contribution in [2.45, 2.75) is 38.3 Å². The van der Waals surface area contributed by atoms with Crippen molar-refractivity contribution < 1.29 is 14.7 Å². The van der Waals surface area contributed by atoms with Crippen LogP contribution >= 0.6 is 0 Å². The lowest BCUT2D eigenvalue weighted by atomic mass is 10.1. The van der Waals surface area contributed by atoms with Crippen molar-refractivity contribution in [3.8, 4) is 12.3 Å². The van der Waals surface area contributed by atoms with Crippen LogP contribution < -0.4 is 10.6 Å². The highest BCUT2D eigenvalue weighted by Gasteiger charge is 2.21. The van der Waals surface area contributed by atoms with Gasteiger partial charge in [-0.25, -0.2) is 9.59 Å². The Morgan fingerprint density at radius 2 is 1.95 bits per heavy atom. The molecule has 1 aromatic rings. The third-order valence-electron chi connectivity index (χ3n) is 3.08. The molecule has 0 spiro atoms. The van der Waals surface area contributed by atoms with Crippen LogP contribution in [0.1, 0.15) is 25.3 Å². The van der Waals surface area contributed by atoms with Gasteiger partial charge in [0.1, 0.15) is 6.04 Å². The van der Waals surface area contributed by atoms with Gasteiger partial charge < -0.3 is 15.7 Å². The molecule has 0 aliphatic rings. The third kappa shape index (κ3) is 6.00. The third-order valence-corrected chi connectivity index (χ3v) is 3.08. The van der Waals surface area contributed by atoms with E-state index in [2.05, 4.69) is 16.6 Å². The van der Waals surface area contributed by atoms with Gasteiger partial charge in [0, 0.05) is 18.9 Å². The van der Waals surface area contributed by atoms with Gasteiger partial charge in [0.25, 0.3) is 0 Å². The first-order valence-electron chi connectivity index (χ1n) is 6.84. The second-order valence-corrected chi connectivity index (χ2v) is 4.71. The SMILES string of the molecule is C#CCC(CC)NC(=O)NC(Cc1ccccc1)C(=O)O. The first-order chi connectivity index (χ1) is 10.1. The average Bonchev–Trinajstić information content (AvgIpc) is 2.47. The number of hydrogen-bond donors (Lipinski definition) is 3. The lowest BCUT2D eigenvalue weighted by Crippen LogP contribution is -2.49. The number of rotatable bonds is 7. The van der Waals surface area contributed by atoms with Crippen LogP contribution in [0.2, 0.25) is 0 Å². The Hall–Kier alpha value is -2.48. The van der Waals surface area contributed by atoms with Crippen molar-refractivity contribution >= 4 is 12.0 Å². The Labute approximate surface area is 124 Å². The van der Waals surface area contributed by atoms with E-state index >= 15 is 0 Å². The van der Waals surface area contributed by atoms with Crippen LogP contribution in [0.25, 0.3) is 0 Å². The summed E-state index contributed by atoms with van der Waals surface area (Å²) >= 11 is 0. The molecule has 3 N–H and O–H groups in total. The van der Waals surface area contributed by atoms with Gasteiger partial charge in [-0.3, -0.25) is 0 Å². The topological polar surface area (TPSA) is 78.4 Å². The predicted octanol–water partition coefficient (Wildman–Crippen LogP) is 1.78. The number of urea groups is 1. The minimum Gasteiger partial charge on any atom is -0.480 e. The van der Waals surface area contributed by atoms with Crippen molar-refractivity contribution in [1.29, 1.82) is 0 Å². The number of benzene rings is 1. The second kappa shape index (κ2) is 8.64. The maximum absolute atomic E-state index is 11.8. The summed E-state index contributed by atoms with van der Waals surface area (Å²) < 4.78 is 0.